The van der Waals surface area contributed by atoms with Crippen LogP contribution in [0.25, 0.3) is 0 Å². The minimum absolute atomic E-state index is 0.315. The van der Waals surface area contributed by atoms with E-state index in [4.69, 9.17) is 9.84 Å². The molecule has 0 radical (unpaired) electrons. The minimum atomic E-state index is -4.82. The molecular weight excluding hydrogens is 261 g/mol. The van der Waals surface area contributed by atoms with E-state index in [-0.39, 0.29) is 0 Å². The molecule has 1 aromatic carbocycles. The number of carboxylic acid groups (broad SMARTS) is 1. The SMILES string of the molecule is Cc1ccc(C)c(OCC(C(=O)O)C(F)(F)F)c1C. The first-order valence-electron chi connectivity index (χ1n) is 5.63. The van der Waals surface area contributed by atoms with E-state index in [2.05, 4.69) is 0 Å². The summed E-state index contributed by atoms with van der Waals surface area (Å²) >= 11 is 0. The van der Waals surface area contributed by atoms with E-state index in [0.29, 0.717) is 16.9 Å². The number of rotatable bonds is 4. The molecular formula is C13H15F3O3. The van der Waals surface area contributed by atoms with E-state index in [1.165, 1.54) is 0 Å². The fourth-order valence-electron chi connectivity index (χ4n) is 1.62. The molecule has 0 aliphatic carbocycles. The van der Waals surface area contributed by atoms with Gasteiger partial charge in [0.05, 0.1) is 0 Å². The third kappa shape index (κ3) is 3.62. The van der Waals surface area contributed by atoms with E-state index >= 15 is 0 Å². The molecule has 106 valence electrons. The molecule has 0 spiro atoms. The first kappa shape index (κ1) is 15.3. The molecule has 1 atom stereocenters. The number of benzene rings is 1. The van der Waals surface area contributed by atoms with Gasteiger partial charge in [-0.05, 0) is 37.5 Å². The monoisotopic (exact) mass is 276 g/mol. The summed E-state index contributed by atoms with van der Waals surface area (Å²) < 4.78 is 42.6. The predicted octanol–water partition coefficient (Wildman–Crippen LogP) is 3.25. The van der Waals surface area contributed by atoms with Crippen LogP contribution < -0.4 is 4.74 Å². The number of carboxylic acids is 1. The van der Waals surface area contributed by atoms with Crippen molar-refractivity contribution in [2.75, 3.05) is 6.61 Å². The van der Waals surface area contributed by atoms with Crippen molar-refractivity contribution in [3.63, 3.8) is 0 Å². The van der Waals surface area contributed by atoms with Gasteiger partial charge >= 0.3 is 12.1 Å². The second kappa shape index (κ2) is 5.50. The molecule has 0 bridgehead atoms. The maximum absolute atomic E-state index is 12.5. The standard InChI is InChI=1S/C13H15F3O3/c1-7-4-5-8(2)11(9(7)3)19-6-10(12(17)18)13(14,15)16/h4-5,10H,6H2,1-3H3,(H,17,18). The molecule has 0 amide bonds. The first-order chi connectivity index (χ1) is 8.64. The van der Waals surface area contributed by atoms with Gasteiger partial charge in [0.1, 0.15) is 12.4 Å². The average molecular weight is 276 g/mol. The van der Waals surface area contributed by atoms with Crippen molar-refractivity contribution in [1.82, 2.24) is 0 Å². The highest BCUT2D eigenvalue weighted by Crippen LogP contribution is 2.30. The molecule has 0 aliphatic rings. The van der Waals surface area contributed by atoms with Crippen molar-refractivity contribution < 1.29 is 27.8 Å². The zero-order chi connectivity index (χ0) is 14.8. The maximum Gasteiger partial charge on any atom is 0.405 e. The smallest absolute Gasteiger partial charge is 0.405 e. The van der Waals surface area contributed by atoms with Gasteiger partial charge in [-0.1, -0.05) is 12.1 Å². The van der Waals surface area contributed by atoms with Gasteiger partial charge in [0.25, 0.3) is 0 Å². The molecule has 1 N–H and O–H groups in total. The summed E-state index contributed by atoms with van der Waals surface area (Å²) in [4.78, 5) is 10.6. The van der Waals surface area contributed by atoms with Crippen LogP contribution >= 0.6 is 0 Å². The Kier molecular flexibility index (Phi) is 4.44. The van der Waals surface area contributed by atoms with Crippen LogP contribution in [0.1, 0.15) is 16.7 Å². The number of halogens is 3. The molecule has 0 heterocycles. The molecule has 1 aromatic rings. The molecule has 6 heteroatoms. The summed E-state index contributed by atoms with van der Waals surface area (Å²) in [6, 6.07) is 3.55. The van der Waals surface area contributed by atoms with Crippen LogP contribution in [0.2, 0.25) is 0 Å². The number of alkyl halides is 3. The molecule has 0 saturated carbocycles. The van der Waals surface area contributed by atoms with Crippen molar-refractivity contribution in [2.45, 2.75) is 26.9 Å². The summed E-state index contributed by atoms with van der Waals surface area (Å²) in [5.41, 5.74) is 2.26. The molecule has 1 rings (SSSR count). The van der Waals surface area contributed by atoms with Crippen LogP contribution in [0, 0.1) is 26.7 Å². The molecule has 1 unspecified atom stereocenters. The average Bonchev–Trinajstić information content (AvgIpc) is 2.26. The summed E-state index contributed by atoms with van der Waals surface area (Å²) in [6.07, 6.45) is -4.82. The predicted molar refractivity (Wildman–Crippen MR) is 63.3 cm³/mol. The molecule has 3 nitrogen and oxygen atoms in total. The van der Waals surface area contributed by atoms with Crippen LogP contribution in [-0.4, -0.2) is 23.9 Å². The lowest BCUT2D eigenvalue weighted by Crippen LogP contribution is -2.35. The fraction of sp³-hybridized carbons (Fsp3) is 0.462. The third-order valence-electron chi connectivity index (χ3n) is 2.96. The highest BCUT2D eigenvalue weighted by Gasteiger charge is 2.45. The molecule has 19 heavy (non-hydrogen) atoms. The lowest BCUT2D eigenvalue weighted by atomic mass is 10.1. The summed E-state index contributed by atoms with van der Waals surface area (Å²) in [7, 11) is 0. The number of hydrogen-bond acceptors (Lipinski definition) is 2. The normalized spacial score (nSPS) is 13.2. The Morgan fingerprint density at radius 2 is 1.79 bits per heavy atom. The number of ether oxygens (including phenoxy) is 1. The van der Waals surface area contributed by atoms with Crippen molar-refractivity contribution in [1.29, 1.82) is 0 Å². The van der Waals surface area contributed by atoms with Gasteiger partial charge in [-0.3, -0.25) is 4.79 Å². The van der Waals surface area contributed by atoms with Gasteiger partial charge < -0.3 is 9.84 Å². The van der Waals surface area contributed by atoms with Gasteiger partial charge in [-0.25, -0.2) is 0 Å². The van der Waals surface area contributed by atoms with E-state index in [1.54, 1.807) is 26.8 Å². The van der Waals surface area contributed by atoms with Gasteiger partial charge in [0.2, 0.25) is 0 Å². The number of carbonyl (C=O) groups is 1. The number of aliphatic carboxylic acids is 1. The summed E-state index contributed by atoms with van der Waals surface area (Å²) in [5.74, 6) is -4.14. The first-order valence-corrected chi connectivity index (χ1v) is 5.63. The molecule has 0 saturated heterocycles. The Labute approximate surface area is 109 Å². The van der Waals surface area contributed by atoms with E-state index in [1.807, 2.05) is 6.07 Å². The highest BCUT2D eigenvalue weighted by atomic mass is 19.4. The Morgan fingerprint density at radius 1 is 1.26 bits per heavy atom. The van der Waals surface area contributed by atoms with E-state index < -0.39 is 24.7 Å². The lowest BCUT2D eigenvalue weighted by Gasteiger charge is -2.19. The quantitative estimate of drug-likeness (QED) is 0.918. The van der Waals surface area contributed by atoms with Crippen molar-refractivity contribution in [3.8, 4) is 5.75 Å². The molecule has 0 fully saturated rings. The Hall–Kier alpha value is -1.72. The van der Waals surface area contributed by atoms with Gasteiger partial charge in [0.15, 0.2) is 5.92 Å². The maximum atomic E-state index is 12.5. The van der Waals surface area contributed by atoms with Crippen LogP contribution in [0.4, 0.5) is 13.2 Å². The number of aryl methyl sites for hydroxylation is 2. The van der Waals surface area contributed by atoms with Crippen LogP contribution in [-0.2, 0) is 4.79 Å². The molecule has 0 aliphatic heterocycles. The summed E-state index contributed by atoms with van der Waals surface area (Å²) in [6.45, 7) is 4.30. The van der Waals surface area contributed by atoms with E-state index in [0.717, 1.165) is 5.56 Å². The van der Waals surface area contributed by atoms with Gasteiger partial charge in [-0.2, -0.15) is 13.2 Å². The van der Waals surface area contributed by atoms with Crippen LogP contribution in [0.5, 0.6) is 5.75 Å². The minimum Gasteiger partial charge on any atom is -0.492 e. The zero-order valence-electron chi connectivity index (χ0n) is 10.8. The van der Waals surface area contributed by atoms with E-state index in [9.17, 15) is 18.0 Å². The van der Waals surface area contributed by atoms with Gasteiger partial charge in [-0.15, -0.1) is 0 Å². The van der Waals surface area contributed by atoms with Crippen LogP contribution in [0.3, 0.4) is 0 Å². The zero-order valence-corrected chi connectivity index (χ0v) is 10.8. The molecule has 0 aromatic heterocycles. The van der Waals surface area contributed by atoms with Crippen molar-refractivity contribution >= 4 is 5.97 Å². The fourth-order valence-corrected chi connectivity index (χ4v) is 1.62. The van der Waals surface area contributed by atoms with Crippen molar-refractivity contribution in [2.24, 2.45) is 5.92 Å². The largest absolute Gasteiger partial charge is 0.492 e. The van der Waals surface area contributed by atoms with Gasteiger partial charge in [0, 0.05) is 0 Å². The summed E-state index contributed by atoms with van der Waals surface area (Å²) in [5, 5.41) is 8.58. The van der Waals surface area contributed by atoms with Crippen molar-refractivity contribution in [3.05, 3.63) is 28.8 Å². The highest BCUT2D eigenvalue weighted by molar-refractivity contribution is 5.71. The number of hydrogen-bond donors (Lipinski definition) is 1. The third-order valence-corrected chi connectivity index (χ3v) is 2.96. The Morgan fingerprint density at radius 3 is 2.26 bits per heavy atom. The second-order valence-electron chi connectivity index (χ2n) is 4.40. The van der Waals surface area contributed by atoms with Crippen LogP contribution in [0.15, 0.2) is 12.1 Å². The Bertz CT molecular complexity index is 481. The lowest BCUT2D eigenvalue weighted by molar-refractivity contribution is -0.198. The Balaban J connectivity index is 2.93. The second-order valence-corrected chi connectivity index (χ2v) is 4.40. The topological polar surface area (TPSA) is 46.5 Å².